The van der Waals surface area contributed by atoms with Gasteiger partial charge in [-0.15, -0.1) is 0 Å². The van der Waals surface area contributed by atoms with Crippen molar-refractivity contribution in [2.24, 2.45) is 0 Å². The second-order valence-electron chi connectivity index (χ2n) is 4.51. The molecule has 2 rings (SSSR count). The molecule has 0 heterocycles. The lowest BCUT2D eigenvalue weighted by molar-refractivity contribution is -0.138. The van der Waals surface area contributed by atoms with E-state index in [1.807, 2.05) is 31.2 Å². The summed E-state index contributed by atoms with van der Waals surface area (Å²) in [4.78, 5) is -0.266. The van der Waals surface area contributed by atoms with Crippen molar-refractivity contribution in [1.29, 1.82) is 0 Å². The zero-order valence-electron chi connectivity index (χ0n) is 10.5. The smallest absolute Gasteiger partial charge is 0.166 e. The monoisotopic (exact) mass is 406 g/mol. The first kappa shape index (κ1) is 15.6. The quantitative estimate of drug-likeness (QED) is 0.515. The van der Waals surface area contributed by atoms with Gasteiger partial charge < -0.3 is 0 Å². The van der Waals surface area contributed by atoms with E-state index in [0.29, 0.717) is 5.56 Å². The van der Waals surface area contributed by atoms with Gasteiger partial charge in [0.15, 0.2) is 0 Å². The number of benzene rings is 2. The van der Waals surface area contributed by atoms with Gasteiger partial charge in [-0.05, 0) is 30.2 Å². The van der Waals surface area contributed by atoms with Crippen LogP contribution in [0.4, 0.5) is 13.2 Å². The third-order valence-electron chi connectivity index (χ3n) is 2.96. The summed E-state index contributed by atoms with van der Waals surface area (Å²) in [5.74, 6) is 0. The lowest BCUT2D eigenvalue weighted by Gasteiger charge is -2.15. The fraction of sp³-hybridized carbons (Fsp3) is 0.200. The third kappa shape index (κ3) is 3.44. The molecule has 0 aliphatic heterocycles. The Morgan fingerprint density at radius 1 is 0.950 bits per heavy atom. The highest BCUT2D eigenvalue weighted by Gasteiger charge is 2.33. The molecule has 0 bridgehead atoms. The van der Waals surface area contributed by atoms with Gasteiger partial charge in [0.25, 0.3) is 0 Å². The van der Waals surface area contributed by atoms with Gasteiger partial charge in [-0.1, -0.05) is 67.8 Å². The summed E-state index contributed by atoms with van der Waals surface area (Å²) in [6, 6.07) is 12.0. The summed E-state index contributed by atoms with van der Waals surface area (Å²) in [7, 11) is 0. The Hall–Kier alpha value is -0.810. The van der Waals surface area contributed by atoms with Crippen LogP contribution < -0.4 is 0 Å². The molecule has 0 amide bonds. The average molecular weight is 408 g/mol. The number of hydrogen-bond donors (Lipinski definition) is 0. The highest BCUT2D eigenvalue weighted by Crippen LogP contribution is 2.39. The first-order chi connectivity index (χ1) is 9.29. The van der Waals surface area contributed by atoms with Gasteiger partial charge in [-0.25, -0.2) is 0 Å². The third-order valence-corrected chi connectivity index (χ3v) is 4.71. The number of halogens is 5. The topological polar surface area (TPSA) is 0 Å². The van der Waals surface area contributed by atoms with E-state index in [-0.39, 0.29) is 9.30 Å². The van der Waals surface area contributed by atoms with Crippen LogP contribution in [0.3, 0.4) is 0 Å². The van der Waals surface area contributed by atoms with E-state index in [1.54, 1.807) is 6.07 Å². The highest BCUT2D eigenvalue weighted by atomic mass is 79.9. The van der Waals surface area contributed by atoms with Gasteiger partial charge in [-0.2, -0.15) is 13.2 Å². The molecule has 106 valence electrons. The molecule has 0 aliphatic carbocycles. The van der Waals surface area contributed by atoms with Crippen molar-refractivity contribution in [2.45, 2.75) is 17.9 Å². The van der Waals surface area contributed by atoms with Crippen LogP contribution in [0.25, 0.3) is 0 Å². The van der Waals surface area contributed by atoms with Crippen LogP contribution in [-0.4, -0.2) is 0 Å². The standard InChI is InChI=1S/C15H11Br2F3/c1-9-2-4-10(5-3-9)14(17)11-6-7-13(16)12(8-11)15(18,19)20/h2-8,14H,1H3. The first-order valence-electron chi connectivity index (χ1n) is 5.86. The zero-order chi connectivity index (χ0) is 14.9. The largest absolute Gasteiger partial charge is 0.417 e. The molecule has 0 spiro atoms. The van der Waals surface area contributed by atoms with E-state index in [0.717, 1.165) is 11.1 Å². The molecule has 20 heavy (non-hydrogen) atoms. The molecule has 5 heteroatoms. The van der Waals surface area contributed by atoms with Crippen molar-refractivity contribution in [1.82, 2.24) is 0 Å². The summed E-state index contributed by atoms with van der Waals surface area (Å²) in [5.41, 5.74) is 1.95. The van der Waals surface area contributed by atoms with Gasteiger partial charge in [0, 0.05) is 4.47 Å². The van der Waals surface area contributed by atoms with Crippen molar-refractivity contribution in [2.75, 3.05) is 0 Å². The normalized spacial score (nSPS) is 13.3. The second-order valence-corrected chi connectivity index (χ2v) is 6.28. The predicted octanol–water partition coefficient (Wildman–Crippen LogP) is 6.26. The fourth-order valence-corrected chi connectivity index (χ4v) is 2.91. The maximum atomic E-state index is 12.9. The molecule has 0 N–H and O–H groups in total. The Morgan fingerprint density at radius 3 is 2.05 bits per heavy atom. The lowest BCUT2D eigenvalue weighted by Crippen LogP contribution is -2.07. The highest BCUT2D eigenvalue weighted by molar-refractivity contribution is 9.10. The van der Waals surface area contributed by atoms with Crippen LogP contribution in [0, 0.1) is 6.92 Å². The molecule has 0 nitrogen and oxygen atoms in total. The van der Waals surface area contributed by atoms with Crippen LogP contribution in [-0.2, 0) is 6.18 Å². The first-order valence-corrected chi connectivity index (χ1v) is 7.57. The molecule has 1 unspecified atom stereocenters. The molecule has 2 aromatic rings. The van der Waals surface area contributed by atoms with Gasteiger partial charge in [-0.3, -0.25) is 0 Å². The van der Waals surface area contributed by atoms with E-state index in [4.69, 9.17) is 0 Å². The fourth-order valence-electron chi connectivity index (χ4n) is 1.85. The maximum absolute atomic E-state index is 12.9. The number of alkyl halides is 4. The van der Waals surface area contributed by atoms with Crippen LogP contribution in [0.5, 0.6) is 0 Å². The molecule has 0 aliphatic rings. The number of hydrogen-bond acceptors (Lipinski definition) is 0. The van der Waals surface area contributed by atoms with Gasteiger partial charge in [0.2, 0.25) is 0 Å². The number of aryl methyl sites for hydroxylation is 1. The maximum Gasteiger partial charge on any atom is 0.417 e. The van der Waals surface area contributed by atoms with Crippen molar-refractivity contribution in [3.63, 3.8) is 0 Å². The minimum atomic E-state index is -4.37. The molecular formula is C15H11Br2F3. The van der Waals surface area contributed by atoms with Crippen molar-refractivity contribution in [3.8, 4) is 0 Å². The Morgan fingerprint density at radius 2 is 1.50 bits per heavy atom. The molecule has 0 saturated carbocycles. The average Bonchev–Trinajstić information content (AvgIpc) is 2.38. The van der Waals surface area contributed by atoms with E-state index in [2.05, 4.69) is 31.9 Å². The summed E-state index contributed by atoms with van der Waals surface area (Å²) < 4.78 is 38.8. The molecule has 0 aromatic heterocycles. The summed E-state index contributed by atoms with van der Waals surface area (Å²) in [5, 5.41) is 0. The molecule has 0 fully saturated rings. The number of rotatable bonds is 2. The Kier molecular flexibility index (Phi) is 4.59. The Balaban J connectivity index is 2.40. The molecule has 1 atom stereocenters. The molecule has 0 radical (unpaired) electrons. The van der Waals surface area contributed by atoms with E-state index in [1.165, 1.54) is 12.1 Å². The van der Waals surface area contributed by atoms with Gasteiger partial charge in [0.1, 0.15) is 0 Å². The summed E-state index contributed by atoms with van der Waals surface area (Å²) >= 11 is 6.41. The van der Waals surface area contributed by atoms with Crippen molar-refractivity contribution >= 4 is 31.9 Å². The van der Waals surface area contributed by atoms with E-state index < -0.39 is 11.7 Å². The minimum Gasteiger partial charge on any atom is -0.166 e. The molecule has 2 aromatic carbocycles. The molecule has 0 saturated heterocycles. The van der Waals surface area contributed by atoms with Crippen molar-refractivity contribution in [3.05, 3.63) is 69.2 Å². The minimum absolute atomic E-state index is 0.0531. The predicted molar refractivity (Wildman–Crippen MR) is 81.1 cm³/mol. The van der Waals surface area contributed by atoms with Crippen LogP contribution in [0.1, 0.15) is 27.1 Å². The van der Waals surface area contributed by atoms with Gasteiger partial charge >= 0.3 is 6.18 Å². The summed E-state index contributed by atoms with van der Waals surface area (Å²) in [6.45, 7) is 1.97. The van der Waals surface area contributed by atoms with Crippen molar-refractivity contribution < 1.29 is 13.2 Å². The second kappa shape index (κ2) is 5.90. The van der Waals surface area contributed by atoms with Crippen LogP contribution >= 0.6 is 31.9 Å². The van der Waals surface area contributed by atoms with Crippen LogP contribution in [0.15, 0.2) is 46.9 Å². The Bertz CT molecular complexity index is 604. The van der Waals surface area contributed by atoms with Crippen LogP contribution in [0.2, 0.25) is 0 Å². The molecular weight excluding hydrogens is 397 g/mol. The lowest BCUT2D eigenvalue weighted by atomic mass is 10.0. The zero-order valence-corrected chi connectivity index (χ0v) is 13.7. The Labute approximate surface area is 132 Å². The van der Waals surface area contributed by atoms with Gasteiger partial charge in [0.05, 0.1) is 10.4 Å². The SMILES string of the molecule is Cc1ccc(C(Br)c2ccc(Br)c(C(F)(F)F)c2)cc1. The van der Waals surface area contributed by atoms with E-state index in [9.17, 15) is 13.2 Å². The summed E-state index contributed by atoms with van der Waals surface area (Å²) in [6.07, 6.45) is -4.37. The van der Waals surface area contributed by atoms with E-state index >= 15 is 0 Å².